The Hall–Kier alpha value is -0.590. The Kier molecular flexibility index (Phi) is 1.82. The van der Waals surface area contributed by atoms with E-state index in [4.69, 9.17) is 5.26 Å². The molecule has 0 aromatic carbocycles. The van der Waals surface area contributed by atoms with E-state index in [-0.39, 0.29) is 18.1 Å². The van der Waals surface area contributed by atoms with Gasteiger partial charge in [0.1, 0.15) is 0 Å². The second-order valence-corrected chi connectivity index (χ2v) is 3.96. The lowest BCUT2D eigenvalue weighted by atomic mass is 9.91. The molecule has 0 spiro atoms. The van der Waals surface area contributed by atoms with Gasteiger partial charge in [-0.2, -0.15) is 5.26 Å². The number of fused-ring (bicyclic) bond motifs is 1. The van der Waals surface area contributed by atoms with Crippen LogP contribution in [0, 0.1) is 17.2 Å². The third-order valence-electron chi connectivity index (χ3n) is 3.29. The average molecular weight is 166 g/mol. The highest BCUT2D eigenvalue weighted by Crippen LogP contribution is 2.40. The lowest BCUT2D eigenvalue weighted by Gasteiger charge is -2.29. The zero-order valence-corrected chi connectivity index (χ0v) is 7.16. The third kappa shape index (κ3) is 0.954. The highest BCUT2D eigenvalue weighted by Gasteiger charge is 2.47. The Morgan fingerprint density at radius 3 is 3.08 bits per heavy atom. The number of nitrogens with zero attached hydrogens (tertiary/aromatic N) is 2. The van der Waals surface area contributed by atoms with Gasteiger partial charge in [0.2, 0.25) is 0 Å². The van der Waals surface area contributed by atoms with Crippen molar-refractivity contribution < 1.29 is 5.11 Å². The van der Waals surface area contributed by atoms with E-state index in [1.165, 1.54) is 6.42 Å². The average Bonchev–Trinajstić information content (AvgIpc) is 2.58. The van der Waals surface area contributed by atoms with Gasteiger partial charge in [0.05, 0.1) is 18.6 Å². The van der Waals surface area contributed by atoms with E-state index in [1.807, 2.05) is 0 Å². The summed E-state index contributed by atoms with van der Waals surface area (Å²) in [6.07, 6.45) is 3.13. The summed E-state index contributed by atoms with van der Waals surface area (Å²) >= 11 is 0. The largest absolute Gasteiger partial charge is 0.394 e. The molecule has 66 valence electrons. The van der Waals surface area contributed by atoms with Crippen LogP contribution >= 0.6 is 0 Å². The van der Waals surface area contributed by atoms with Gasteiger partial charge < -0.3 is 5.11 Å². The second-order valence-electron chi connectivity index (χ2n) is 3.96. The molecule has 0 amide bonds. The van der Waals surface area contributed by atoms with Crippen molar-refractivity contribution >= 4 is 0 Å². The van der Waals surface area contributed by atoms with Gasteiger partial charge in [0, 0.05) is 12.1 Å². The van der Waals surface area contributed by atoms with Crippen LogP contribution in [0.4, 0.5) is 0 Å². The molecule has 0 aromatic rings. The summed E-state index contributed by atoms with van der Waals surface area (Å²) < 4.78 is 0. The van der Waals surface area contributed by atoms with Crippen LogP contribution in [0.1, 0.15) is 19.3 Å². The molecule has 2 atom stereocenters. The van der Waals surface area contributed by atoms with Crippen LogP contribution in [-0.2, 0) is 0 Å². The van der Waals surface area contributed by atoms with Gasteiger partial charge in [-0.1, -0.05) is 0 Å². The van der Waals surface area contributed by atoms with E-state index in [9.17, 15) is 5.11 Å². The number of aliphatic hydroxyl groups excluding tert-OH is 1. The lowest BCUT2D eigenvalue weighted by molar-refractivity contribution is 0.0998. The summed E-state index contributed by atoms with van der Waals surface area (Å²) in [5.74, 6) is 0.150. The first kappa shape index (κ1) is 8.03. The van der Waals surface area contributed by atoms with E-state index in [0.717, 1.165) is 25.9 Å². The number of hydrogen-bond acceptors (Lipinski definition) is 3. The fourth-order valence-electron chi connectivity index (χ4n) is 2.63. The molecule has 3 nitrogen and oxygen atoms in total. The molecule has 0 aliphatic carbocycles. The van der Waals surface area contributed by atoms with Crippen LogP contribution in [0.5, 0.6) is 0 Å². The van der Waals surface area contributed by atoms with Gasteiger partial charge >= 0.3 is 0 Å². The number of nitriles is 1. The fraction of sp³-hybridized carbons (Fsp3) is 0.889. The Balaban J connectivity index is 2.15. The van der Waals surface area contributed by atoms with E-state index in [1.54, 1.807) is 0 Å². The van der Waals surface area contributed by atoms with Crippen LogP contribution < -0.4 is 0 Å². The van der Waals surface area contributed by atoms with Crippen LogP contribution in [0.2, 0.25) is 0 Å². The van der Waals surface area contributed by atoms with Crippen LogP contribution in [0.3, 0.4) is 0 Å². The van der Waals surface area contributed by atoms with Crippen LogP contribution in [-0.4, -0.2) is 35.2 Å². The Morgan fingerprint density at radius 1 is 1.67 bits per heavy atom. The maximum absolute atomic E-state index is 9.29. The van der Waals surface area contributed by atoms with Crippen molar-refractivity contribution in [2.45, 2.75) is 24.8 Å². The Bertz CT molecular complexity index is 223. The Labute approximate surface area is 72.6 Å². The normalized spacial score (nSPS) is 41.2. The van der Waals surface area contributed by atoms with E-state index in [0.29, 0.717) is 0 Å². The summed E-state index contributed by atoms with van der Waals surface area (Å²) in [6.45, 7) is 2.17. The van der Waals surface area contributed by atoms with Gasteiger partial charge in [0.15, 0.2) is 0 Å². The predicted molar refractivity (Wildman–Crippen MR) is 44.3 cm³/mol. The monoisotopic (exact) mass is 166 g/mol. The minimum absolute atomic E-state index is 0.0135. The standard InChI is InChI=1S/C9H14N2O/c10-5-8-4-9(7-12)2-1-3-11(9)6-8/h8,12H,1-4,6-7H2/t8-,9-/m1/s1. The maximum atomic E-state index is 9.29. The minimum Gasteiger partial charge on any atom is -0.394 e. The quantitative estimate of drug-likeness (QED) is 0.611. The third-order valence-corrected chi connectivity index (χ3v) is 3.29. The summed E-state index contributed by atoms with van der Waals surface area (Å²) in [5, 5.41) is 18.1. The molecule has 2 aliphatic rings. The van der Waals surface area contributed by atoms with E-state index < -0.39 is 0 Å². The van der Waals surface area contributed by atoms with Crippen LogP contribution in [0.15, 0.2) is 0 Å². The molecule has 2 fully saturated rings. The highest BCUT2D eigenvalue weighted by atomic mass is 16.3. The molecule has 12 heavy (non-hydrogen) atoms. The van der Waals surface area contributed by atoms with Crippen molar-refractivity contribution in [1.29, 1.82) is 5.26 Å². The molecule has 0 radical (unpaired) electrons. The lowest BCUT2D eigenvalue weighted by Crippen LogP contribution is -2.41. The van der Waals surface area contributed by atoms with Crippen molar-refractivity contribution in [3.63, 3.8) is 0 Å². The van der Waals surface area contributed by atoms with Gasteiger partial charge in [-0.25, -0.2) is 0 Å². The van der Waals surface area contributed by atoms with Crippen molar-refractivity contribution in [3.8, 4) is 6.07 Å². The molecule has 0 unspecified atom stereocenters. The molecule has 0 saturated carbocycles. The second kappa shape index (κ2) is 2.72. The molecule has 0 bridgehead atoms. The highest BCUT2D eigenvalue weighted by molar-refractivity contribution is 5.07. The van der Waals surface area contributed by atoms with Gasteiger partial charge in [-0.05, 0) is 25.8 Å². The fourth-order valence-corrected chi connectivity index (χ4v) is 2.63. The first-order valence-corrected chi connectivity index (χ1v) is 4.56. The van der Waals surface area contributed by atoms with Gasteiger partial charge in [0.25, 0.3) is 0 Å². The minimum atomic E-state index is -0.0135. The smallest absolute Gasteiger partial charge is 0.0670 e. The van der Waals surface area contributed by atoms with E-state index >= 15 is 0 Å². The number of hydrogen-bond donors (Lipinski definition) is 1. The molecule has 2 heterocycles. The van der Waals surface area contributed by atoms with Crippen molar-refractivity contribution in [1.82, 2.24) is 4.90 Å². The van der Waals surface area contributed by atoms with Gasteiger partial charge in [-0.15, -0.1) is 0 Å². The van der Waals surface area contributed by atoms with Gasteiger partial charge in [-0.3, -0.25) is 4.90 Å². The first-order valence-electron chi connectivity index (χ1n) is 4.56. The maximum Gasteiger partial charge on any atom is 0.0670 e. The molecule has 3 heteroatoms. The molecule has 2 rings (SSSR count). The molecular weight excluding hydrogens is 152 g/mol. The molecular formula is C9H14N2O. The number of aliphatic hydroxyl groups is 1. The summed E-state index contributed by atoms with van der Waals surface area (Å²) in [5.41, 5.74) is -0.0135. The molecule has 2 saturated heterocycles. The molecule has 2 aliphatic heterocycles. The van der Waals surface area contributed by atoms with E-state index in [2.05, 4.69) is 11.0 Å². The van der Waals surface area contributed by atoms with Crippen LogP contribution in [0.25, 0.3) is 0 Å². The Morgan fingerprint density at radius 2 is 2.50 bits per heavy atom. The summed E-state index contributed by atoms with van der Waals surface area (Å²) in [7, 11) is 0. The predicted octanol–water partition coefficient (Wildman–Crippen LogP) is 0.357. The summed E-state index contributed by atoms with van der Waals surface area (Å²) in [4.78, 5) is 2.29. The molecule has 0 aromatic heterocycles. The first-order chi connectivity index (χ1) is 5.80. The summed E-state index contributed by atoms with van der Waals surface area (Å²) in [6, 6.07) is 2.30. The topological polar surface area (TPSA) is 47.3 Å². The van der Waals surface area contributed by atoms with Crippen molar-refractivity contribution in [2.75, 3.05) is 19.7 Å². The SMILES string of the molecule is N#C[C@@H]1CN2CCC[C@]2(CO)C1. The number of rotatable bonds is 1. The van der Waals surface area contributed by atoms with Crippen molar-refractivity contribution in [3.05, 3.63) is 0 Å². The zero-order chi connectivity index (χ0) is 8.60. The molecule has 1 N–H and O–H groups in total. The van der Waals surface area contributed by atoms with Crippen molar-refractivity contribution in [2.24, 2.45) is 5.92 Å². The zero-order valence-electron chi connectivity index (χ0n) is 7.16.